The highest BCUT2D eigenvalue weighted by molar-refractivity contribution is 7.86. The van der Waals surface area contributed by atoms with Crippen LogP contribution in [0.25, 0.3) is 0 Å². The SMILES string of the molecule is CC(=O)OC[C@H]1O[C@@H](Oc2ccc(CS(=O)(=O)Oc3ccc(C=O)cc3)cc2)[C@H](OC(C)=O)[C@@H](OC(C)=O)[C@H]1OC(C)=O. The second-order valence-corrected chi connectivity index (χ2v) is 10.9. The average Bonchev–Trinajstić information content (AvgIpc) is 2.91. The van der Waals surface area contributed by atoms with Crippen molar-refractivity contribution in [3.05, 3.63) is 59.7 Å². The van der Waals surface area contributed by atoms with E-state index in [9.17, 15) is 32.4 Å². The van der Waals surface area contributed by atoms with Gasteiger partial charge in [0.05, 0.1) is 0 Å². The maximum atomic E-state index is 12.5. The highest BCUT2D eigenvalue weighted by atomic mass is 32.2. The maximum Gasteiger partial charge on any atom is 0.313 e. The molecule has 43 heavy (non-hydrogen) atoms. The largest absolute Gasteiger partial charge is 0.463 e. The first-order valence-electron chi connectivity index (χ1n) is 12.8. The van der Waals surface area contributed by atoms with Crippen molar-refractivity contribution >= 4 is 40.3 Å². The van der Waals surface area contributed by atoms with Gasteiger partial charge in [-0.2, -0.15) is 8.42 Å². The monoisotopic (exact) mass is 622 g/mol. The van der Waals surface area contributed by atoms with Crippen molar-refractivity contribution in [2.45, 2.75) is 64.2 Å². The lowest BCUT2D eigenvalue weighted by molar-refractivity contribution is -0.288. The quantitative estimate of drug-likeness (QED) is 0.145. The molecule has 14 nitrogen and oxygen atoms in total. The summed E-state index contributed by atoms with van der Waals surface area (Å²) >= 11 is 0. The number of hydrogen-bond acceptors (Lipinski definition) is 14. The topological polar surface area (TPSA) is 184 Å². The van der Waals surface area contributed by atoms with Gasteiger partial charge in [-0.1, -0.05) is 12.1 Å². The van der Waals surface area contributed by atoms with Crippen molar-refractivity contribution in [3.63, 3.8) is 0 Å². The summed E-state index contributed by atoms with van der Waals surface area (Å²) in [5, 5.41) is 0. The number of aldehydes is 1. The molecule has 15 heteroatoms. The van der Waals surface area contributed by atoms with Gasteiger partial charge in [0.1, 0.15) is 36.2 Å². The van der Waals surface area contributed by atoms with Crippen molar-refractivity contribution in [1.29, 1.82) is 0 Å². The fraction of sp³-hybridized carbons (Fsp3) is 0.393. The van der Waals surface area contributed by atoms with E-state index < -0.39 is 77.1 Å². The van der Waals surface area contributed by atoms with Crippen LogP contribution < -0.4 is 8.92 Å². The first-order valence-corrected chi connectivity index (χ1v) is 14.4. The van der Waals surface area contributed by atoms with Gasteiger partial charge in [-0.05, 0) is 42.0 Å². The molecular weight excluding hydrogens is 592 g/mol. The Morgan fingerprint density at radius 3 is 1.81 bits per heavy atom. The van der Waals surface area contributed by atoms with E-state index >= 15 is 0 Å². The lowest BCUT2D eigenvalue weighted by Gasteiger charge is -2.43. The first-order chi connectivity index (χ1) is 20.3. The van der Waals surface area contributed by atoms with Gasteiger partial charge < -0.3 is 32.6 Å². The van der Waals surface area contributed by atoms with E-state index in [0.717, 1.165) is 27.7 Å². The zero-order valence-electron chi connectivity index (χ0n) is 23.6. The molecule has 3 rings (SSSR count). The van der Waals surface area contributed by atoms with E-state index in [1.54, 1.807) is 0 Å². The van der Waals surface area contributed by atoms with Crippen LogP contribution in [-0.4, -0.2) is 75.9 Å². The van der Waals surface area contributed by atoms with E-state index in [0.29, 0.717) is 17.4 Å². The minimum atomic E-state index is -4.07. The van der Waals surface area contributed by atoms with Crippen LogP contribution in [0.5, 0.6) is 11.5 Å². The molecule has 0 aliphatic carbocycles. The smallest absolute Gasteiger partial charge is 0.313 e. The van der Waals surface area contributed by atoms with Gasteiger partial charge in [-0.25, -0.2) is 0 Å². The summed E-state index contributed by atoms with van der Waals surface area (Å²) < 4.78 is 63.0. The van der Waals surface area contributed by atoms with E-state index in [2.05, 4.69) is 0 Å². The van der Waals surface area contributed by atoms with Gasteiger partial charge in [0.25, 0.3) is 0 Å². The molecule has 0 unspecified atom stereocenters. The van der Waals surface area contributed by atoms with Gasteiger partial charge in [-0.15, -0.1) is 0 Å². The number of esters is 4. The molecular formula is C28H30O14S. The third-order valence-electron chi connectivity index (χ3n) is 5.71. The van der Waals surface area contributed by atoms with Crippen molar-refractivity contribution in [2.75, 3.05) is 6.61 Å². The fourth-order valence-electron chi connectivity index (χ4n) is 4.06. The highest BCUT2D eigenvalue weighted by Gasteiger charge is 2.53. The van der Waals surface area contributed by atoms with E-state index in [-0.39, 0.29) is 11.5 Å². The lowest BCUT2D eigenvalue weighted by atomic mass is 9.98. The summed E-state index contributed by atoms with van der Waals surface area (Å²) in [5.74, 6) is -3.35. The van der Waals surface area contributed by atoms with Gasteiger partial charge in [0, 0.05) is 33.3 Å². The summed E-state index contributed by atoms with van der Waals surface area (Å²) in [6.07, 6.45) is -6.22. The first kappa shape index (κ1) is 33.0. The number of ether oxygens (including phenoxy) is 6. The number of carbonyl (C=O) groups is 5. The molecule has 2 aromatic carbocycles. The second kappa shape index (κ2) is 14.6. The molecule has 232 valence electrons. The number of benzene rings is 2. The molecule has 0 radical (unpaired) electrons. The second-order valence-electron chi connectivity index (χ2n) is 9.30. The number of carbonyl (C=O) groups excluding carboxylic acids is 5. The molecule has 5 atom stereocenters. The van der Waals surface area contributed by atoms with Crippen LogP contribution in [0.1, 0.15) is 43.6 Å². The minimum Gasteiger partial charge on any atom is -0.463 e. The Bertz CT molecular complexity index is 1420. The lowest BCUT2D eigenvalue weighted by Crippen LogP contribution is -2.63. The Hall–Kier alpha value is -4.50. The molecule has 1 fully saturated rings. The van der Waals surface area contributed by atoms with Gasteiger partial charge in [-0.3, -0.25) is 24.0 Å². The predicted octanol–water partition coefficient (Wildman–Crippen LogP) is 1.87. The van der Waals surface area contributed by atoms with Crippen molar-refractivity contribution in [1.82, 2.24) is 0 Å². The molecule has 1 aliphatic heterocycles. The molecule has 1 saturated heterocycles. The van der Waals surface area contributed by atoms with Crippen molar-refractivity contribution < 1.29 is 65.0 Å². The molecule has 2 aromatic rings. The van der Waals surface area contributed by atoms with Crippen LogP contribution in [0.2, 0.25) is 0 Å². The van der Waals surface area contributed by atoms with E-state index in [1.807, 2.05) is 0 Å². The van der Waals surface area contributed by atoms with Gasteiger partial charge >= 0.3 is 34.0 Å². The van der Waals surface area contributed by atoms with Crippen LogP contribution in [-0.2, 0) is 58.7 Å². The van der Waals surface area contributed by atoms with Gasteiger partial charge in [0.2, 0.25) is 12.4 Å². The molecule has 0 saturated carbocycles. The normalized spacial score (nSPS) is 21.5. The zero-order valence-corrected chi connectivity index (χ0v) is 24.4. The number of hydrogen-bond donors (Lipinski definition) is 0. The Labute approximate surface area is 247 Å². The predicted molar refractivity (Wildman–Crippen MR) is 144 cm³/mol. The van der Waals surface area contributed by atoms with Gasteiger partial charge in [0.15, 0.2) is 12.2 Å². The fourth-order valence-corrected chi connectivity index (χ4v) is 5.13. The maximum absolute atomic E-state index is 12.5. The zero-order chi connectivity index (χ0) is 31.7. The molecule has 0 amide bonds. The Morgan fingerprint density at radius 2 is 1.28 bits per heavy atom. The van der Waals surface area contributed by atoms with Crippen LogP contribution in [0.3, 0.4) is 0 Å². The van der Waals surface area contributed by atoms with E-state index in [1.165, 1.54) is 48.5 Å². The Kier molecular flexibility index (Phi) is 11.2. The van der Waals surface area contributed by atoms with Crippen LogP contribution in [0, 0.1) is 0 Å². The molecule has 0 aromatic heterocycles. The molecule has 1 heterocycles. The Balaban J connectivity index is 1.82. The van der Waals surface area contributed by atoms with Crippen LogP contribution in [0.15, 0.2) is 48.5 Å². The van der Waals surface area contributed by atoms with E-state index in [4.69, 9.17) is 32.6 Å². The summed E-state index contributed by atoms with van der Waals surface area (Å²) in [7, 11) is -4.07. The number of rotatable bonds is 12. The van der Waals surface area contributed by atoms with Crippen LogP contribution in [0.4, 0.5) is 0 Å². The molecule has 0 bridgehead atoms. The average molecular weight is 623 g/mol. The molecule has 0 N–H and O–H groups in total. The molecule has 0 spiro atoms. The minimum absolute atomic E-state index is 0.0363. The Morgan fingerprint density at radius 1 is 0.744 bits per heavy atom. The summed E-state index contributed by atoms with van der Waals surface area (Å²) in [6, 6.07) is 11.2. The summed E-state index contributed by atoms with van der Waals surface area (Å²) in [5.41, 5.74) is 0.690. The van der Waals surface area contributed by atoms with Crippen LogP contribution >= 0.6 is 0 Å². The summed E-state index contributed by atoms with van der Waals surface area (Å²) in [6.45, 7) is 4.03. The standard InChI is InChI=1S/C28H30O14S/c1-16(30)36-14-24-25(37-17(2)31)26(38-18(3)32)27(39-19(4)33)28(41-24)40-22-9-7-21(8-10-22)15-43(34,35)42-23-11-5-20(13-29)6-12-23/h5-13,24-28H,14-15H2,1-4H3/t24-,25+,26+,27-,28-/m1/s1. The summed E-state index contributed by atoms with van der Waals surface area (Å²) in [4.78, 5) is 58.1. The molecule has 1 aliphatic rings. The third-order valence-corrected chi connectivity index (χ3v) is 6.84. The van der Waals surface area contributed by atoms with Crippen molar-refractivity contribution in [3.8, 4) is 11.5 Å². The third kappa shape index (κ3) is 10.1. The van der Waals surface area contributed by atoms with Crippen molar-refractivity contribution in [2.24, 2.45) is 0 Å². The highest BCUT2D eigenvalue weighted by Crippen LogP contribution is 2.31.